The predicted molar refractivity (Wildman–Crippen MR) is 133 cm³/mol. The molecule has 1 aliphatic rings. The van der Waals surface area contributed by atoms with Crippen molar-refractivity contribution in [2.45, 2.75) is 27.7 Å². The zero-order valence-electron chi connectivity index (χ0n) is 20.1. The molecule has 35 heavy (non-hydrogen) atoms. The SMILES string of the molecule is Cc1nc(N2CCN(C(=O)c3c(-c4ccccc4Cl)noc3C)CC2)cc(-n2cnc(C)c2C)n1. The first kappa shape index (κ1) is 23.0. The molecule has 1 aromatic carbocycles. The molecule has 1 aliphatic heterocycles. The summed E-state index contributed by atoms with van der Waals surface area (Å²) >= 11 is 6.37. The molecule has 10 heteroatoms. The van der Waals surface area contributed by atoms with Gasteiger partial charge in [0.1, 0.15) is 40.8 Å². The molecule has 180 valence electrons. The second-order valence-corrected chi connectivity index (χ2v) is 9.05. The number of anilines is 1. The minimum absolute atomic E-state index is 0.109. The maximum atomic E-state index is 13.5. The predicted octanol–water partition coefficient (Wildman–Crippen LogP) is 4.17. The molecule has 1 fully saturated rings. The van der Waals surface area contributed by atoms with Crippen LogP contribution in [0.15, 0.2) is 41.2 Å². The van der Waals surface area contributed by atoms with Gasteiger partial charge in [0.2, 0.25) is 0 Å². The van der Waals surface area contributed by atoms with E-state index in [1.165, 1.54) is 0 Å². The lowest BCUT2D eigenvalue weighted by Gasteiger charge is -2.35. The maximum Gasteiger partial charge on any atom is 0.259 e. The van der Waals surface area contributed by atoms with Crippen LogP contribution in [0.4, 0.5) is 5.82 Å². The van der Waals surface area contributed by atoms with Gasteiger partial charge in [-0.3, -0.25) is 9.36 Å². The van der Waals surface area contributed by atoms with Crippen LogP contribution >= 0.6 is 11.6 Å². The number of carbonyl (C=O) groups excluding carboxylic acids is 1. The third-order valence-corrected chi connectivity index (χ3v) is 6.74. The third-order valence-electron chi connectivity index (χ3n) is 6.41. The van der Waals surface area contributed by atoms with E-state index < -0.39 is 0 Å². The van der Waals surface area contributed by atoms with Crippen LogP contribution in [-0.4, -0.2) is 61.7 Å². The molecule has 0 bridgehead atoms. The Hall–Kier alpha value is -3.72. The second-order valence-electron chi connectivity index (χ2n) is 8.64. The Kier molecular flexibility index (Phi) is 6.02. The highest BCUT2D eigenvalue weighted by molar-refractivity contribution is 6.33. The van der Waals surface area contributed by atoms with E-state index in [0.717, 1.165) is 23.0 Å². The first-order valence-corrected chi connectivity index (χ1v) is 11.8. The molecule has 4 heterocycles. The lowest BCUT2D eigenvalue weighted by molar-refractivity contribution is 0.0745. The third kappa shape index (κ3) is 4.27. The smallest absolute Gasteiger partial charge is 0.259 e. The molecule has 9 nitrogen and oxygen atoms in total. The second kappa shape index (κ2) is 9.14. The van der Waals surface area contributed by atoms with Gasteiger partial charge < -0.3 is 14.3 Å². The molecule has 0 saturated carbocycles. The molecule has 1 amide bonds. The number of imidazole rings is 1. The topological polar surface area (TPSA) is 93.2 Å². The van der Waals surface area contributed by atoms with Crippen LogP contribution in [0.3, 0.4) is 0 Å². The summed E-state index contributed by atoms with van der Waals surface area (Å²) < 4.78 is 7.37. The highest BCUT2D eigenvalue weighted by Gasteiger charge is 2.30. The Morgan fingerprint density at radius 2 is 1.71 bits per heavy atom. The molecule has 0 radical (unpaired) electrons. The Morgan fingerprint density at radius 3 is 2.40 bits per heavy atom. The molecule has 0 atom stereocenters. The minimum atomic E-state index is -0.109. The molecule has 4 aromatic rings. The van der Waals surface area contributed by atoms with Crippen molar-refractivity contribution in [3.63, 3.8) is 0 Å². The summed E-state index contributed by atoms with van der Waals surface area (Å²) in [6, 6.07) is 9.29. The largest absolute Gasteiger partial charge is 0.360 e. The van der Waals surface area contributed by atoms with Crippen molar-refractivity contribution in [3.05, 3.63) is 70.2 Å². The number of aromatic nitrogens is 5. The Morgan fingerprint density at radius 1 is 1.00 bits per heavy atom. The van der Waals surface area contributed by atoms with E-state index in [1.807, 2.05) is 54.5 Å². The molecule has 0 aliphatic carbocycles. The van der Waals surface area contributed by atoms with E-state index >= 15 is 0 Å². The Balaban J connectivity index is 1.35. The Bertz CT molecular complexity index is 1400. The van der Waals surface area contributed by atoms with Gasteiger partial charge in [-0.15, -0.1) is 0 Å². The number of halogens is 1. The Labute approximate surface area is 208 Å². The summed E-state index contributed by atoms with van der Waals surface area (Å²) in [5.41, 5.74) is 3.63. The van der Waals surface area contributed by atoms with Crippen molar-refractivity contribution < 1.29 is 9.32 Å². The zero-order valence-corrected chi connectivity index (χ0v) is 20.9. The van der Waals surface area contributed by atoms with Crippen molar-refractivity contribution in [3.8, 4) is 17.1 Å². The number of amides is 1. The van der Waals surface area contributed by atoms with Gasteiger partial charge in [-0.25, -0.2) is 15.0 Å². The summed E-state index contributed by atoms with van der Waals surface area (Å²) in [4.78, 5) is 31.1. The van der Waals surface area contributed by atoms with Gasteiger partial charge in [0.05, 0.1) is 10.7 Å². The zero-order chi connectivity index (χ0) is 24.7. The quantitative estimate of drug-likeness (QED) is 0.423. The molecular weight excluding hydrogens is 466 g/mol. The van der Waals surface area contributed by atoms with Gasteiger partial charge in [0.15, 0.2) is 0 Å². The van der Waals surface area contributed by atoms with Crippen LogP contribution in [0, 0.1) is 27.7 Å². The van der Waals surface area contributed by atoms with Gasteiger partial charge in [-0.2, -0.15) is 0 Å². The van der Waals surface area contributed by atoms with E-state index in [-0.39, 0.29) is 5.91 Å². The van der Waals surface area contributed by atoms with Crippen molar-refractivity contribution >= 4 is 23.3 Å². The first-order chi connectivity index (χ1) is 16.8. The number of aryl methyl sites for hydroxylation is 3. The van der Waals surface area contributed by atoms with Gasteiger partial charge in [0, 0.05) is 43.5 Å². The molecule has 3 aromatic heterocycles. The number of carbonyl (C=O) groups is 1. The van der Waals surface area contributed by atoms with E-state index in [4.69, 9.17) is 16.1 Å². The van der Waals surface area contributed by atoms with Crippen LogP contribution in [0.5, 0.6) is 0 Å². The molecule has 0 unspecified atom stereocenters. The van der Waals surface area contributed by atoms with Crippen molar-refractivity contribution in [2.75, 3.05) is 31.1 Å². The summed E-state index contributed by atoms with van der Waals surface area (Å²) in [6.07, 6.45) is 1.78. The van der Waals surface area contributed by atoms with Gasteiger partial charge in [0.25, 0.3) is 5.91 Å². The maximum absolute atomic E-state index is 13.5. The van der Waals surface area contributed by atoms with Crippen molar-refractivity contribution in [1.82, 2.24) is 29.6 Å². The molecule has 0 N–H and O–H groups in total. The highest BCUT2D eigenvalue weighted by atomic mass is 35.5. The van der Waals surface area contributed by atoms with E-state index in [9.17, 15) is 4.79 Å². The fourth-order valence-electron chi connectivity index (χ4n) is 4.31. The molecule has 0 spiro atoms. The molecule has 1 saturated heterocycles. The molecular formula is C25H26ClN7O2. The lowest BCUT2D eigenvalue weighted by Crippen LogP contribution is -2.49. The van der Waals surface area contributed by atoms with Gasteiger partial charge in [-0.05, 0) is 33.8 Å². The number of hydrogen-bond donors (Lipinski definition) is 0. The number of hydrogen-bond acceptors (Lipinski definition) is 7. The fourth-order valence-corrected chi connectivity index (χ4v) is 4.53. The summed E-state index contributed by atoms with van der Waals surface area (Å²) in [5, 5.41) is 4.67. The summed E-state index contributed by atoms with van der Waals surface area (Å²) in [5.74, 6) is 2.68. The number of piperazine rings is 1. The van der Waals surface area contributed by atoms with Crippen LogP contribution in [0.2, 0.25) is 5.02 Å². The van der Waals surface area contributed by atoms with Crippen LogP contribution < -0.4 is 4.90 Å². The highest BCUT2D eigenvalue weighted by Crippen LogP contribution is 2.32. The van der Waals surface area contributed by atoms with Crippen LogP contribution in [0.1, 0.15) is 33.3 Å². The summed E-state index contributed by atoms with van der Waals surface area (Å²) in [6.45, 7) is 10.0. The minimum Gasteiger partial charge on any atom is -0.360 e. The molecule has 5 rings (SSSR count). The van der Waals surface area contributed by atoms with Crippen molar-refractivity contribution in [1.29, 1.82) is 0 Å². The van der Waals surface area contributed by atoms with E-state index in [0.29, 0.717) is 59.6 Å². The van der Waals surface area contributed by atoms with Gasteiger partial charge in [-0.1, -0.05) is 35.0 Å². The number of benzene rings is 1. The first-order valence-electron chi connectivity index (χ1n) is 11.5. The van der Waals surface area contributed by atoms with Gasteiger partial charge >= 0.3 is 0 Å². The van der Waals surface area contributed by atoms with Crippen LogP contribution in [-0.2, 0) is 0 Å². The summed E-state index contributed by atoms with van der Waals surface area (Å²) in [7, 11) is 0. The normalized spacial score (nSPS) is 14.0. The van der Waals surface area contributed by atoms with Crippen molar-refractivity contribution in [2.24, 2.45) is 0 Å². The monoisotopic (exact) mass is 491 g/mol. The lowest BCUT2D eigenvalue weighted by atomic mass is 10.0. The van der Waals surface area contributed by atoms with Crippen LogP contribution in [0.25, 0.3) is 17.1 Å². The fraction of sp³-hybridized carbons (Fsp3) is 0.320. The average molecular weight is 492 g/mol. The van der Waals surface area contributed by atoms with E-state index in [1.54, 1.807) is 19.3 Å². The number of nitrogens with zero attached hydrogens (tertiary/aromatic N) is 7. The standard InChI is InChI=1S/C25H26ClN7O2/c1-15-16(2)33(14-27-15)22-13-21(28-18(4)29-22)31-9-11-32(12-10-31)25(34)23-17(3)35-30-24(23)19-7-5-6-8-20(19)26/h5-8,13-14H,9-12H2,1-4H3. The van der Waals surface area contributed by atoms with E-state index in [2.05, 4.69) is 25.0 Å². The number of rotatable bonds is 4. The average Bonchev–Trinajstić information content (AvgIpc) is 3.40.